The predicted molar refractivity (Wildman–Crippen MR) is 172 cm³/mol. The zero-order chi connectivity index (χ0) is 30.0. The molecule has 2 amide bonds. The third-order valence-corrected chi connectivity index (χ3v) is 10.3. The first-order chi connectivity index (χ1) is 20.7. The average Bonchev–Trinajstić information content (AvgIpc) is 3.49. The van der Waals surface area contributed by atoms with Crippen molar-refractivity contribution in [2.75, 3.05) is 22.8 Å². The monoisotopic (exact) mass is 615 g/mol. The van der Waals surface area contributed by atoms with E-state index in [1.54, 1.807) is 24.3 Å². The molecule has 0 aromatic heterocycles. The summed E-state index contributed by atoms with van der Waals surface area (Å²) >= 11 is 1.24. The van der Waals surface area contributed by atoms with Crippen LogP contribution >= 0.6 is 11.8 Å². The second-order valence-corrected chi connectivity index (χ2v) is 13.7. The van der Waals surface area contributed by atoms with Crippen LogP contribution in [0.5, 0.6) is 0 Å². The topological polar surface area (TPSA) is 111 Å². The van der Waals surface area contributed by atoms with Crippen molar-refractivity contribution in [1.29, 1.82) is 0 Å². The molecule has 0 atom stereocenters. The number of anilines is 2. The second kappa shape index (κ2) is 12.3. The maximum atomic E-state index is 12.6. The average molecular weight is 616 g/mol. The number of aliphatic imine (C=N–C) groups is 1. The van der Waals surface area contributed by atoms with Crippen molar-refractivity contribution in [3.8, 4) is 0 Å². The highest BCUT2D eigenvalue weighted by molar-refractivity contribution is 8.18. The fourth-order valence-corrected chi connectivity index (χ4v) is 7.63. The molecule has 2 saturated heterocycles. The zero-order valence-electron chi connectivity index (χ0n) is 23.8. The van der Waals surface area contributed by atoms with Gasteiger partial charge in [-0.15, -0.1) is 0 Å². The molecule has 3 fully saturated rings. The minimum atomic E-state index is -3.87. The van der Waals surface area contributed by atoms with Gasteiger partial charge < -0.3 is 10.2 Å². The zero-order valence-corrected chi connectivity index (χ0v) is 25.5. The Morgan fingerprint density at radius 1 is 0.953 bits per heavy atom. The van der Waals surface area contributed by atoms with Gasteiger partial charge in [0.05, 0.1) is 16.3 Å². The molecule has 6 rings (SSSR count). The van der Waals surface area contributed by atoms with Crippen LogP contribution in [-0.2, 0) is 26.3 Å². The standard InChI is InChI=1S/C32H33N5O4S2/c1-36(20-23-7-11-25(12-8-23)24-5-3-2-4-6-24)27-15-9-22(10-16-27)19-29-31(39)34-32(42-29)33-26-13-17-28(18-14-26)37-21-30(38)35-43(37,40)41/h7-19,24H,2-6,20-21H2,1H3,(H,35,38)(H,33,34,39). The molecule has 43 heavy (non-hydrogen) atoms. The quantitative estimate of drug-likeness (QED) is 0.343. The Kier molecular flexibility index (Phi) is 8.27. The molecule has 9 nitrogen and oxygen atoms in total. The molecule has 0 bridgehead atoms. The normalized spacial score (nSPS) is 20.4. The van der Waals surface area contributed by atoms with Crippen molar-refractivity contribution in [3.05, 3.63) is 94.4 Å². The van der Waals surface area contributed by atoms with Gasteiger partial charge in [-0.2, -0.15) is 8.42 Å². The molecule has 1 saturated carbocycles. The first-order valence-electron chi connectivity index (χ1n) is 14.4. The van der Waals surface area contributed by atoms with Crippen molar-refractivity contribution in [2.24, 2.45) is 4.99 Å². The minimum Gasteiger partial charge on any atom is -0.370 e. The Morgan fingerprint density at radius 3 is 2.30 bits per heavy atom. The van der Waals surface area contributed by atoms with Crippen LogP contribution in [0.15, 0.2) is 82.7 Å². The molecule has 2 aliphatic heterocycles. The number of hydrogen-bond donors (Lipinski definition) is 2. The van der Waals surface area contributed by atoms with E-state index < -0.39 is 16.1 Å². The number of amides is 2. The molecule has 222 valence electrons. The van der Waals surface area contributed by atoms with Crippen LogP contribution in [0.4, 0.5) is 17.1 Å². The summed E-state index contributed by atoms with van der Waals surface area (Å²) in [5.74, 6) is -0.0950. The van der Waals surface area contributed by atoms with Crippen molar-refractivity contribution < 1.29 is 18.0 Å². The second-order valence-electron chi connectivity index (χ2n) is 11.1. The van der Waals surface area contributed by atoms with Gasteiger partial charge in [0.2, 0.25) is 0 Å². The lowest BCUT2D eigenvalue weighted by atomic mass is 9.84. The molecule has 2 N–H and O–H groups in total. The molecular weight excluding hydrogens is 583 g/mol. The number of carbonyl (C=O) groups is 2. The lowest BCUT2D eigenvalue weighted by molar-refractivity contribution is -0.117. The molecule has 0 radical (unpaired) electrons. The van der Waals surface area contributed by atoms with Gasteiger partial charge in [-0.05, 0) is 89.7 Å². The summed E-state index contributed by atoms with van der Waals surface area (Å²) in [6, 6.07) is 23.6. The Hall–Kier alpha value is -4.09. The van der Waals surface area contributed by atoms with Crippen molar-refractivity contribution in [1.82, 2.24) is 10.0 Å². The fourth-order valence-electron chi connectivity index (χ4n) is 5.64. The van der Waals surface area contributed by atoms with Crippen molar-refractivity contribution in [2.45, 2.75) is 44.6 Å². The lowest BCUT2D eigenvalue weighted by Crippen LogP contribution is -2.29. The smallest absolute Gasteiger partial charge is 0.326 e. The van der Waals surface area contributed by atoms with Gasteiger partial charge in [0.15, 0.2) is 5.17 Å². The van der Waals surface area contributed by atoms with Gasteiger partial charge in [-0.25, -0.2) is 14.0 Å². The van der Waals surface area contributed by atoms with Crippen LogP contribution in [0.25, 0.3) is 6.08 Å². The van der Waals surface area contributed by atoms with E-state index in [0.717, 1.165) is 22.1 Å². The van der Waals surface area contributed by atoms with E-state index in [2.05, 4.69) is 58.7 Å². The van der Waals surface area contributed by atoms with Crippen molar-refractivity contribution >= 4 is 62.1 Å². The van der Waals surface area contributed by atoms with Gasteiger partial charge in [0, 0.05) is 19.3 Å². The molecule has 2 heterocycles. The summed E-state index contributed by atoms with van der Waals surface area (Å²) in [5.41, 5.74) is 5.64. The first-order valence-corrected chi connectivity index (χ1v) is 16.6. The van der Waals surface area contributed by atoms with Gasteiger partial charge in [0.25, 0.3) is 11.8 Å². The van der Waals surface area contributed by atoms with Crippen LogP contribution in [0.1, 0.15) is 54.7 Å². The Balaban J connectivity index is 1.06. The highest BCUT2D eigenvalue weighted by Gasteiger charge is 2.34. The number of benzene rings is 3. The molecule has 1 aliphatic carbocycles. The highest BCUT2D eigenvalue weighted by atomic mass is 32.2. The Bertz CT molecular complexity index is 1680. The summed E-state index contributed by atoms with van der Waals surface area (Å²) in [6.45, 7) is 0.551. The number of carbonyl (C=O) groups excluding carboxylic acids is 2. The highest BCUT2D eigenvalue weighted by Crippen LogP contribution is 2.33. The maximum Gasteiger partial charge on any atom is 0.326 e. The predicted octanol–water partition coefficient (Wildman–Crippen LogP) is 5.44. The number of nitrogens with one attached hydrogen (secondary N) is 2. The molecule has 3 aromatic carbocycles. The van der Waals surface area contributed by atoms with Gasteiger partial charge in [-0.3, -0.25) is 9.59 Å². The fraction of sp³-hybridized carbons (Fsp3) is 0.281. The summed E-state index contributed by atoms with van der Waals surface area (Å²) < 4.78 is 27.0. The summed E-state index contributed by atoms with van der Waals surface area (Å²) in [6.07, 6.45) is 8.50. The maximum absolute atomic E-state index is 12.6. The van der Waals surface area contributed by atoms with E-state index >= 15 is 0 Å². The number of nitrogens with zero attached hydrogens (tertiary/aromatic N) is 3. The number of thioether (sulfide) groups is 1. The van der Waals surface area contributed by atoms with Gasteiger partial charge in [-0.1, -0.05) is 55.7 Å². The third-order valence-electron chi connectivity index (χ3n) is 7.95. The number of rotatable bonds is 7. The third kappa shape index (κ3) is 6.78. The Labute approximate surface area is 256 Å². The molecule has 0 spiro atoms. The largest absolute Gasteiger partial charge is 0.370 e. The van der Waals surface area contributed by atoms with E-state index in [0.29, 0.717) is 27.4 Å². The molecule has 11 heteroatoms. The Morgan fingerprint density at radius 2 is 1.65 bits per heavy atom. The lowest BCUT2D eigenvalue weighted by Gasteiger charge is -2.23. The van der Waals surface area contributed by atoms with E-state index in [-0.39, 0.29) is 12.5 Å². The molecule has 0 unspecified atom stereocenters. The summed E-state index contributed by atoms with van der Waals surface area (Å²) in [4.78, 5) is 31.3. The van der Waals surface area contributed by atoms with Crippen LogP contribution in [-0.4, -0.2) is 39.0 Å². The molecular formula is C32H33N5O4S2. The van der Waals surface area contributed by atoms with E-state index in [9.17, 15) is 18.0 Å². The number of amidine groups is 1. The van der Waals surface area contributed by atoms with Crippen LogP contribution in [0, 0.1) is 0 Å². The van der Waals surface area contributed by atoms with Crippen LogP contribution in [0.3, 0.4) is 0 Å². The van der Waals surface area contributed by atoms with E-state index in [1.165, 1.54) is 55.0 Å². The summed E-state index contributed by atoms with van der Waals surface area (Å²) in [7, 11) is -1.79. The minimum absolute atomic E-state index is 0.231. The van der Waals surface area contributed by atoms with E-state index in [1.807, 2.05) is 22.9 Å². The SMILES string of the molecule is CN(Cc1ccc(C2CCCCC2)cc1)c1ccc(C=C2SC(=Nc3ccc(N4CC(=O)NS4(=O)=O)cc3)NC2=O)cc1. The van der Waals surface area contributed by atoms with Crippen LogP contribution in [0.2, 0.25) is 0 Å². The van der Waals surface area contributed by atoms with Crippen LogP contribution < -0.4 is 19.2 Å². The first kappa shape index (κ1) is 29.0. The number of hydrogen-bond acceptors (Lipinski definition) is 7. The van der Waals surface area contributed by atoms with Crippen molar-refractivity contribution in [3.63, 3.8) is 0 Å². The van der Waals surface area contributed by atoms with E-state index in [4.69, 9.17) is 0 Å². The molecule has 3 aliphatic rings. The summed E-state index contributed by atoms with van der Waals surface area (Å²) in [5, 5.41) is 3.21. The van der Waals surface area contributed by atoms with Gasteiger partial charge in [0.1, 0.15) is 6.54 Å². The van der Waals surface area contributed by atoms with Gasteiger partial charge >= 0.3 is 10.2 Å². The molecule has 3 aromatic rings.